The smallest absolute Gasteiger partial charge is 0.303 e. The number of carboxylic acids is 1. The van der Waals surface area contributed by atoms with Gasteiger partial charge < -0.3 is 5.11 Å². The van der Waals surface area contributed by atoms with Gasteiger partial charge in [0.1, 0.15) is 0 Å². The maximum atomic E-state index is 10.4. The second-order valence-corrected chi connectivity index (χ2v) is 4.69. The largest absolute Gasteiger partial charge is 0.481 e. The molecule has 0 rings (SSSR count). The number of carboxylic acid groups (broad SMARTS) is 1. The molecule has 94 valence electrons. The third-order valence-corrected chi connectivity index (χ3v) is 2.88. The lowest BCUT2D eigenvalue weighted by Gasteiger charge is -2.07. The number of aliphatic carboxylic acids is 1. The summed E-state index contributed by atoms with van der Waals surface area (Å²) in [6.07, 6.45) is 12.1. The molecule has 0 saturated carbocycles. The standard InChI is InChI=1S/C14H26O2/c1-3-4-5-6-7-8-9-10-11-13(2)12-14(15)16/h3,13H,1,4-12H2,2H3,(H,15,16). The van der Waals surface area contributed by atoms with Crippen LogP contribution < -0.4 is 0 Å². The second kappa shape index (κ2) is 10.7. The molecule has 2 heteroatoms. The average molecular weight is 226 g/mol. The highest BCUT2D eigenvalue weighted by molar-refractivity contribution is 5.66. The predicted octanol–water partition coefficient (Wildman–Crippen LogP) is 4.40. The van der Waals surface area contributed by atoms with Gasteiger partial charge >= 0.3 is 5.97 Å². The molecule has 1 atom stereocenters. The zero-order valence-electron chi connectivity index (χ0n) is 10.6. The van der Waals surface area contributed by atoms with Gasteiger partial charge in [0, 0.05) is 6.42 Å². The van der Waals surface area contributed by atoms with E-state index in [0.717, 1.165) is 12.8 Å². The molecule has 2 nitrogen and oxygen atoms in total. The minimum atomic E-state index is -0.670. The van der Waals surface area contributed by atoms with Crippen LogP contribution in [0.15, 0.2) is 12.7 Å². The molecule has 0 bridgehead atoms. The topological polar surface area (TPSA) is 37.3 Å². The van der Waals surface area contributed by atoms with Crippen molar-refractivity contribution in [3.63, 3.8) is 0 Å². The highest BCUT2D eigenvalue weighted by atomic mass is 16.4. The van der Waals surface area contributed by atoms with Crippen LogP contribution in [0.25, 0.3) is 0 Å². The molecule has 0 spiro atoms. The summed E-state index contributed by atoms with van der Waals surface area (Å²) < 4.78 is 0. The Morgan fingerprint density at radius 3 is 2.31 bits per heavy atom. The number of rotatable bonds is 11. The summed E-state index contributed by atoms with van der Waals surface area (Å²) in [6.45, 7) is 5.73. The molecule has 0 heterocycles. The van der Waals surface area contributed by atoms with Gasteiger partial charge in [-0.1, -0.05) is 51.5 Å². The maximum Gasteiger partial charge on any atom is 0.303 e. The number of unbranched alkanes of at least 4 members (excludes halogenated alkanes) is 6. The molecule has 1 N–H and O–H groups in total. The molecular weight excluding hydrogens is 200 g/mol. The first kappa shape index (κ1) is 15.2. The summed E-state index contributed by atoms with van der Waals surface area (Å²) in [7, 11) is 0. The molecule has 0 aliphatic heterocycles. The van der Waals surface area contributed by atoms with Crippen LogP contribution in [0.3, 0.4) is 0 Å². The van der Waals surface area contributed by atoms with Crippen LogP contribution >= 0.6 is 0 Å². The third-order valence-electron chi connectivity index (χ3n) is 2.88. The molecule has 0 radical (unpaired) electrons. The first-order valence-electron chi connectivity index (χ1n) is 6.49. The molecule has 0 saturated heterocycles. The molecule has 0 aromatic rings. The van der Waals surface area contributed by atoms with Crippen molar-refractivity contribution in [1.82, 2.24) is 0 Å². The van der Waals surface area contributed by atoms with E-state index in [9.17, 15) is 4.79 Å². The van der Waals surface area contributed by atoms with Gasteiger partial charge in [-0.05, 0) is 18.8 Å². The summed E-state index contributed by atoms with van der Waals surface area (Å²) in [5, 5.41) is 8.60. The summed E-state index contributed by atoms with van der Waals surface area (Å²) in [5.74, 6) is -0.338. The van der Waals surface area contributed by atoms with E-state index in [1.165, 1.54) is 38.5 Å². The van der Waals surface area contributed by atoms with E-state index in [1.54, 1.807) is 0 Å². The summed E-state index contributed by atoms with van der Waals surface area (Å²) in [5.41, 5.74) is 0. The fourth-order valence-corrected chi connectivity index (χ4v) is 1.89. The fourth-order valence-electron chi connectivity index (χ4n) is 1.89. The summed E-state index contributed by atoms with van der Waals surface area (Å²) in [6, 6.07) is 0. The van der Waals surface area contributed by atoms with Crippen molar-refractivity contribution in [3.05, 3.63) is 12.7 Å². The van der Waals surface area contributed by atoms with Gasteiger partial charge in [-0.3, -0.25) is 4.79 Å². The molecular formula is C14H26O2. The third kappa shape index (κ3) is 11.3. The Labute approximate surface area is 99.7 Å². The highest BCUT2D eigenvalue weighted by Crippen LogP contribution is 2.14. The summed E-state index contributed by atoms with van der Waals surface area (Å²) in [4.78, 5) is 10.4. The van der Waals surface area contributed by atoms with Crippen molar-refractivity contribution in [2.45, 2.75) is 64.7 Å². The van der Waals surface area contributed by atoms with Crippen LogP contribution in [0.2, 0.25) is 0 Å². The first-order valence-corrected chi connectivity index (χ1v) is 6.49. The van der Waals surface area contributed by atoms with Gasteiger partial charge in [0.25, 0.3) is 0 Å². The van der Waals surface area contributed by atoms with Crippen molar-refractivity contribution in [3.8, 4) is 0 Å². The van der Waals surface area contributed by atoms with E-state index in [2.05, 4.69) is 6.58 Å². The van der Waals surface area contributed by atoms with Crippen molar-refractivity contribution in [2.24, 2.45) is 5.92 Å². The molecule has 0 fully saturated rings. The lowest BCUT2D eigenvalue weighted by molar-refractivity contribution is -0.138. The lowest BCUT2D eigenvalue weighted by atomic mass is 9.99. The van der Waals surface area contributed by atoms with Gasteiger partial charge in [0.05, 0.1) is 0 Å². The normalized spacial score (nSPS) is 12.3. The Hall–Kier alpha value is -0.790. The monoisotopic (exact) mass is 226 g/mol. The molecule has 0 aromatic carbocycles. The molecule has 0 amide bonds. The van der Waals surface area contributed by atoms with Crippen LogP contribution in [-0.2, 0) is 4.79 Å². The number of hydrogen-bond donors (Lipinski definition) is 1. The SMILES string of the molecule is C=CCCCCCCCCC(C)CC(=O)O. The van der Waals surface area contributed by atoms with E-state index in [1.807, 2.05) is 13.0 Å². The zero-order valence-corrected chi connectivity index (χ0v) is 10.6. The Kier molecular flexibility index (Phi) is 10.2. The Bertz CT molecular complexity index is 187. The lowest BCUT2D eigenvalue weighted by Crippen LogP contribution is -2.03. The van der Waals surface area contributed by atoms with E-state index in [-0.39, 0.29) is 0 Å². The van der Waals surface area contributed by atoms with Gasteiger partial charge in [0.15, 0.2) is 0 Å². The Morgan fingerprint density at radius 1 is 1.19 bits per heavy atom. The van der Waals surface area contributed by atoms with Gasteiger partial charge in [-0.15, -0.1) is 6.58 Å². The van der Waals surface area contributed by atoms with Gasteiger partial charge in [0.2, 0.25) is 0 Å². The Morgan fingerprint density at radius 2 is 1.75 bits per heavy atom. The first-order chi connectivity index (χ1) is 7.66. The zero-order chi connectivity index (χ0) is 12.2. The van der Waals surface area contributed by atoms with Crippen LogP contribution in [-0.4, -0.2) is 11.1 Å². The van der Waals surface area contributed by atoms with Gasteiger partial charge in [-0.2, -0.15) is 0 Å². The number of carbonyl (C=O) groups is 1. The van der Waals surface area contributed by atoms with E-state index >= 15 is 0 Å². The minimum Gasteiger partial charge on any atom is -0.481 e. The second-order valence-electron chi connectivity index (χ2n) is 4.69. The molecule has 1 unspecified atom stereocenters. The number of hydrogen-bond acceptors (Lipinski definition) is 1. The Balaban J connectivity index is 3.14. The highest BCUT2D eigenvalue weighted by Gasteiger charge is 2.06. The van der Waals surface area contributed by atoms with Crippen LogP contribution in [0, 0.1) is 5.92 Å². The van der Waals surface area contributed by atoms with E-state index in [4.69, 9.17) is 5.11 Å². The predicted molar refractivity (Wildman–Crippen MR) is 68.5 cm³/mol. The van der Waals surface area contributed by atoms with Crippen LogP contribution in [0.4, 0.5) is 0 Å². The van der Waals surface area contributed by atoms with Crippen LogP contribution in [0.1, 0.15) is 64.7 Å². The average Bonchev–Trinajstić information content (AvgIpc) is 2.21. The van der Waals surface area contributed by atoms with Crippen molar-refractivity contribution >= 4 is 5.97 Å². The quantitative estimate of drug-likeness (QED) is 0.418. The molecule has 0 aliphatic carbocycles. The molecule has 0 aliphatic rings. The van der Waals surface area contributed by atoms with E-state index in [0.29, 0.717) is 12.3 Å². The van der Waals surface area contributed by atoms with Crippen molar-refractivity contribution < 1.29 is 9.90 Å². The minimum absolute atomic E-state index is 0.319. The number of allylic oxidation sites excluding steroid dienone is 1. The van der Waals surface area contributed by atoms with Crippen LogP contribution in [0.5, 0.6) is 0 Å². The maximum absolute atomic E-state index is 10.4. The molecule has 16 heavy (non-hydrogen) atoms. The molecule has 0 aromatic heterocycles. The summed E-state index contributed by atoms with van der Waals surface area (Å²) >= 11 is 0. The van der Waals surface area contributed by atoms with Crippen molar-refractivity contribution in [1.29, 1.82) is 0 Å². The van der Waals surface area contributed by atoms with E-state index < -0.39 is 5.97 Å². The van der Waals surface area contributed by atoms with Crippen molar-refractivity contribution in [2.75, 3.05) is 0 Å². The van der Waals surface area contributed by atoms with Gasteiger partial charge in [-0.25, -0.2) is 0 Å². The fraction of sp³-hybridized carbons (Fsp3) is 0.786.